The number of halogens is 1. The van der Waals surface area contributed by atoms with Crippen molar-refractivity contribution in [3.05, 3.63) is 33.0 Å². The third-order valence-corrected chi connectivity index (χ3v) is 4.26. The van der Waals surface area contributed by atoms with Crippen LogP contribution in [-0.4, -0.2) is 31.3 Å². The van der Waals surface area contributed by atoms with Crippen molar-refractivity contribution in [2.75, 3.05) is 21.3 Å². The van der Waals surface area contributed by atoms with Gasteiger partial charge in [0.1, 0.15) is 22.0 Å². The van der Waals surface area contributed by atoms with Gasteiger partial charge in [0.2, 0.25) is 0 Å². The zero-order chi connectivity index (χ0) is 15.4. The summed E-state index contributed by atoms with van der Waals surface area (Å²) in [7, 11) is 4.83. The second-order valence-corrected chi connectivity index (χ2v) is 5.40. The molecule has 0 bridgehead atoms. The Morgan fingerprint density at radius 3 is 2.29 bits per heavy atom. The lowest BCUT2D eigenvalue weighted by Gasteiger charge is -2.10. The Morgan fingerprint density at radius 2 is 1.76 bits per heavy atom. The second kappa shape index (κ2) is 7.02. The highest BCUT2D eigenvalue weighted by Gasteiger charge is 2.10. The maximum Gasteiger partial charge on any atom is 0.144 e. The van der Waals surface area contributed by atoms with Crippen molar-refractivity contribution < 1.29 is 14.2 Å². The van der Waals surface area contributed by atoms with Crippen molar-refractivity contribution in [1.29, 1.82) is 0 Å². The predicted molar refractivity (Wildman–Crippen MR) is 86.4 cm³/mol. The van der Waals surface area contributed by atoms with Gasteiger partial charge < -0.3 is 19.2 Å². The molecule has 0 unspecified atom stereocenters. The van der Waals surface area contributed by atoms with E-state index in [2.05, 4.69) is 25.9 Å². The summed E-state index contributed by atoms with van der Waals surface area (Å²) >= 11 is 8.69. The molecule has 1 heterocycles. The predicted octanol–water partition coefficient (Wildman–Crippen LogP) is 3.73. The first kappa shape index (κ1) is 15.9. The Morgan fingerprint density at radius 1 is 1.14 bits per heavy atom. The molecule has 0 aliphatic rings. The molecule has 0 saturated carbocycles. The van der Waals surface area contributed by atoms with E-state index in [-0.39, 0.29) is 0 Å². The van der Waals surface area contributed by atoms with E-state index >= 15 is 0 Å². The lowest BCUT2D eigenvalue weighted by atomic mass is 10.2. The van der Waals surface area contributed by atoms with Crippen LogP contribution in [0.3, 0.4) is 0 Å². The van der Waals surface area contributed by atoms with Crippen LogP contribution in [0.1, 0.15) is 5.69 Å². The highest BCUT2D eigenvalue weighted by atomic mass is 79.9. The Bertz CT molecular complexity index is 681. The first-order valence-electron chi connectivity index (χ1n) is 6.10. The van der Waals surface area contributed by atoms with E-state index in [4.69, 9.17) is 26.4 Å². The number of H-pyrrole nitrogens is 1. The third kappa shape index (κ3) is 3.61. The molecule has 1 aromatic heterocycles. The molecule has 0 aliphatic heterocycles. The van der Waals surface area contributed by atoms with Gasteiger partial charge in [-0.05, 0) is 28.1 Å². The fraction of sp³-hybridized carbons (Fsp3) is 0.286. The van der Waals surface area contributed by atoms with Gasteiger partial charge in [-0.2, -0.15) is 0 Å². The maximum absolute atomic E-state index is 5.27. The highest BCUT2D eigenvalue weighted by molar-refractivity contribution is 9.10. The summed E-state index contributed by atoms with van der Waals surface area (Å²) < 4.78 is 16.9. The van der Waals surface area contributed by atoms with Crippen LogP contribution in [-0.2, 0) is 11.3 Å². The van der Waals surface area contributed by atoms with E-state index in [9.17, 15) is 0 Å². The number of rotatable bonds is 5. The molecule has 7 heteroatoms. The van der Waals surface area contributed by atoms with Crippen LogP contribution in [0.5, 0.6) is 11.5 Å². The molecule has 0 aliphatic carbocycles. The van der Waals surface area contributed by atoms with E-state index < -0.39 is 0 Å². The molecule has 2 rings (SSSR count). The molecule has 2 aromatic rings. The topological polar surface area (TPSA) is 56.4 Å². The van der Waals surface area contributed by atoms with Crippen molar-refractivity contribution in [1.82, 2.24) is 9.97 Å². The minimum absolute atomic E-state index is 0.404. The second-order valence-electron chi connectivity index (χ2n) is 4.22. The Balaban J connectivity index is 2.58. The van der Waals surface area contributed by atoms with Crippen LogP contribution >= 0.6 is 28.1 Å². The molecule has 0 fully saturated rings. The maximum atomic E-state index is 5.27. The Labute approximate surface area is 136 Å². The quantitative estimate of drug-likeness (QED) is 0.812. The number of hydrogen-bond acceptors (Lipinski definition) is 5. The van der Waals surface area contributed by atoms with Gasteiger partial charge in [0, 0.05) is 18.7 Å². The van der Waals surface area contributed by atoms with Gasteiger partial charge >= 0.3 is 0 Å². The van der Waals surface area contributed by atoms with Gasteiger partial charge in [0.05, 0.1) is 31.0 Å². The molecule has 0 saturated heterocycles. The minimum Gasteiger partial charge on any atom is -0.497 e. The van der Waals surface area contributed by atoms with Crippen LogP contribution in [0.25, 0.3) is 11.4 Å². The molecular formula is C14H15BrN2O3S. The lowest BCUT2D eigenvalue weighted by molar-refractivity contribution is 0.181. The summed E-state index contributed by atoms with van der Waals surface area (Å²) in [5, 5.41) is 0. The number of aromatic amines is 1. The third-order valence-electron chi connectivity index (χ3n) is 2.85. The van der Waals surface area contributed by atoms with Crippen LogP contribution in [0, 0.1) is 4.64 Å². The SMILES string of the molecule is COCc1[nH]c(-c2cc(OC)cc(OC)c2)nc(=S)c1Br. The summed E-state index contributed by atoms with van der Waals surface area (Å²) in [4.78, 5) is 7.60. The monoisotopic (exact) mass is 370 g/mol. The van der Waals surface area contributed by atoms with E-state index in [1.807, 2.05) is 12.1 Å². The number of ether oxygens (including phenoxy) is 3. The first-order valence-corrected chi connectivity index (χ1v) is 7.30. The Kier molecular flexibility index (Phi) is 5.33. The normalized spacial score (nSPS) is 10.5. The standard InChI is InChI=1S/C14H15BrN2O3S/c1-18-7-11-12(15)14(21)17-13(16-11)8-4-9(19-2)6-10(5-8)20-3/h4-6H,7H2,1-3H3,(H,16,17,21). The van der Waals surface area contributed by atoms with Crippen LogP contribution in [0.2, 0.25) is 0 Å². The van der Waals surface area contributed by atoms with E-state index in [0.29, 0.717) is 28.6 Å². The van der Waals surface area contributed by atoms with Gasteiger partial charge in [-0.25, -0.2) is 4.98 Å². The molecule has 112 valence electrons. The molecule has 5 nitrogen and oxygen atoms in total. The average molecular weight is 371 g/mol. The first-order chi connectivity index (χ1) is 10.1. The van der Waals surface area contributed by atoms with Gasteiger partial charge in [-0.3, -0.25) is 0 Å². The smallest absolute Gasteiger partial charge is 0.144 e. The van der Waals surface area contributed by atoms with Crippen molar-refractivity contribution >= 4 is 28.1 Å². The van der Waals surface area contributed by atoms with Crippen molar-refractivity contribution in [3.8, 4) is 22.9 Å². The van der Waals surface area contributed by atoms with Gasteiger partial charge in [0.25, 0.3) is 0 Å². The van der Waals surface area contributed by atoms with Crippen molar-refractivity contribution in [3.63, 3.8) is 0 Å². The molecule has 0 spiro atoms. The lowest BCUT2D eigenvalue weighted by Crippen LogP contribution is -2.00. The molecule has 21 heavy (non-hydrogen) atoms. The summed E-state index contributed by atoms with van der Waals surface area (Å²) in [6.07, 6.45) is 0. The minimum atomic E-state index is 0.404. The fourth-order valence-electron chi connectivity index (χ4n) is 1.83. The number of benzene rings is 1. The molecular weight excluding hydrogens is 356 g/mol. The van der Waals surface area contributed by atoms with Gasteiger partial charge in [-0.15, -0.1) is 0 Å². The fourth-order valence-corrected chi connectivity index (χ4v) is 2.35. The van der Waals surface area contributed by atoms with E-state index in [1.54, 1.807) is 27.4 Å². The average Bonchev–Trinajstić information content (AvgIpc) is 2.51. The number of methoxy groups -OCH3 is 3. The van der Waals surface area contributed by atoms with Crippen LogP contribution in [0.4, 0.5) is 0 Å². The van der Waals surface area contributed by atoms with E-state index in [1.165, 1.54) is 0 Å². The van der Waals surface area contributed by atoms with Crippen LogP contribution in [0.15, 0.2) is 22.7 Å². The summed E-state index contributed by atoms with van der Waals surface area (Å²) in [5.74, 6) is 2.00. The number of aromatic nitrogens is 2. The number of hydrogen-bond donors (Lipinski definition) is 1. The molecule has 0 radical (unpaired) electrons. The zero-order valence-corrected chi connectivity index (χ0v) is 14.3. The molecule has 0 amide bonds. The molecule has 1 aromatic carbocycles. The highest BCUT2D eigenvalue weighted by Crippen LogP contribution is 2.29. The van der Waals surface area contributed by atoms with E-state index in [0.717, 1.165) is 15.7 Å². The zero-order valence-electron chi connectivity index (χ0n) is 11.9. The van der Waals surface area contributed by atoms with Crippen molar-refractivity contribution in [2.45, 2.75) is 6.61 Å². The summed E-state index contributed by atoms with van der Waals surface area (Å²) in [6, 6.07) is 5.52. The molecule has 1 N–H and O–H groups in total. The van der Waals surface area contributed by atoms with Crippen LogP contribution < -0.4 is 9.47 Å². The van der Waals surface area contributed by atoms with Crippen molar-refractivity contribution in [2.24, 2.45) is 0 Å². The number of nitrogens with one attached hydrogen (secondary N) is 1. The number of nitrogens with zero attached hydrogens (tertiary/aromatic N) is 1. The summed E-state index contributed by atoms with van der Waals surface area (Å²) in [5.41, 5.74) is 1.65. The Hall–Kier alpha value is -1.44. The summed E-state index contributed by atoms with van der Waals surface area (Å²) in [6.45, 7) is 0.404. The van der Waals surface area contributed by atoms with Gasteiger partial charge in [0.15, 0.2) is 0 Å². The van der Waals surface area contributed by atoms with Gasteiger partial charge in [-0.1, -0.05) is 12.2 Å². The largest absolute Gasteiger partial charge is 0.497 e. The molecule has 0 atom stereocenters.